The summed E-state index contributed by atoms with van der Waals surface area (Å²) in [7, 11) is 0. The molecular weight excluding hydrogens is 380 g/mol. The van der Waals surface area contributed by atoms with Crippen molar-refractivity contribution in [3.05, 3.63) is 41.3 Å². The van der Waals surface area contributed by atoms with Crippen LogP contribution in [0.15, 0.2) is 24.4 Å². The number of ether oxygens (including phenoxy) is 1. The van der Waals surface area contributed by atoms with E-state index in [9.17, 15) is 5.11 Å². The first-order valence-corrected chi connectivity index (χ1v) is 10.7. The van der Waals surface area contributed by atoms with Crippen LogP contribution >= 0.6 is 0 Å². The van der Waals surface area contributed by atoms with Crippen LogP contribution in [0.25, 0.3) is 16.7 Å². The highest BCUT2D eigenvalue weighted by Crippen LogP contribution is 2.32. The Balaban J connectivity index is 1.58. The van der Waals surface area contributed by atoms with Gasteiger partial charge in [-0.1, -0.05) is 0 Å². The maximum absolute atomic E-state index is 10.6. The van der Waals surface area contributed by atoms with Crippen molar-refractivity contribution in [2.45, 2.75) is 32.3 Å². The normalized spacial score (nSPS) is 22.6. The first kappa shape index (κ1) is 19.4. The summed E-state index contributed by atoms with van der Waals surface area (Å²) in [5.74, 6) is 2.53. The van der Waals surface area contributed by atoms with Gasteiger partial charge >= 0.3 is 0 Å². The van der Waals surface area contributed by atoms with Crippen molar-refractivity contribution in [2.75, 3.05) is 44.3 Å². The van der Waals surface area contributed by atoms with Crippen LogP contribution in [0.2, 0.25) is 0 Å². The van der Waals surface area contributed by atoms with E-state index in [4.69, 9.17) is 4.74 Å². The third-order valence-corrected chi connectivity index (χ3v) is 6.17. The third kappa shape index (κ3) is 3.55. The second-order valence-corrected chi connectivity index (χ2v) is 8.22. The van der Waals surface area contributed by atoms with Gasteiger partial charge in [0.05, 0.1) is 31.0 Å². The number of aliphatic hydroxyl groups excluding tert-OH is 1. The molecule has 8 heteroatoms. The minimum atomic E-state index is -0.375. The summed E-state index contributed by atoms with van der Waals surface area (Å²) in [6, 6.07) is 6.35. The van der Waals surface area contributed by atoms with E-state index in [2.05, 4.69) is 44.3 Å². The predicted octanol–water partition coefficient (Wildman–Crippen LogP) is 1.71. The molecule has 0 radical (unpaired) electrons. The summed E-state index contributed by atoms with van der Waals surface area (Å²) >= 11 is 0. The van der Waals surface area contributed by atoms with Gasteiger partial charge in [-0.2, -0.15) is 5.10 Å². The first-order chi connectivity index (χ1) is 14.6. The Kier molecular flexibility index (Phi) is 5.14. The lowest BCUT2D eigenvalue weighted by Gasteiger charge is -2.30. The van der Waals surface area contributed by atoms with Crippen molar-refractivity contribution >= 4 is 16.7 Å². The van der Waals surface area contributed by atoms with Gasteiger partial charge in [-0.15, -0.1) is 0 Å². The second kappa shape index (κ2) is 7.94. The molecule has 0 saturated carbocycles. The number of nitrogens with zero attached hydrogens (tertiary/aromatic N) is 5. The number of nitrogens with one attached hydrogen (secondary N) is 1. The average Bonchev–Trinajstić information content (AvgIpc) is 3.16. The quantitative estimate of drug-likeness (QED) is 0.682. The van der Waals surface area contributed by atoms with Gasteiger partial charge in [-0.25, -0.2) is 14.6 Å². The zero-order chi connectivity index (χ0) is 20.7. The number of aromatic nitrogens is 4. The molecular formula is C22H28N6O2. The summed E-state index contributed by atoms with van der Waals surface area (Å²) in [6.07, 6.45) is 2.44. The molecule has 2 atom stereocenters. The Morgan fingerprint density at radius 3 is 2.70 bits per heavy atom. The molecule has 2 unspecified atom stereocenters. The van der Waals surface area contributed by atoms with Crippen LogP contribution in [0.4, 0.5) is 5.82 Å². The number of aliphatic hydroxyl groups is 1. The highest BCUT2D eigenvalue weighted by Gasteiger charge is 2.26. The zero-order valence-electron chi connectivity index (χ0n) is 17.5. The van der Waals surface area contributed by atoms with Gasteiger partial charge < -0.3 is 20.1 Å². The van der Waals surface area contributed by atoms with Crippen LogP contribution in [0.3, 0.4) is 0 Å². The summed E-state index contributed by atoms with van der Waals surface area (Å²) in [6.45, 7) is 8.67. The topological polar surface area (TPSA) is 88.3 Å². The van der Waals surface area contributed by atoms with Crippen LogP contribution < -0.4 is 10.2 Å². The van der Waals surface area contributed by atoms with Crippen molar-refractivity contribution in [3.8, 4) is 5.82 Å². The molecule has 0 spiro atoms. The number of aryl methyl sites for hydroxylation is 2. The number of rotatable bonds is 3. The number of piperidine rings is 1. The highest BCUT2D eigenvalue weighted by atomic mass is 16.5. The number of anilines is 1. The molecule has 2 aliphatic heterocycles. The lowest BCUT2D eigenvalue weighted by atomic mass is 9.85. The molecule has 158 valence electrons. The van der Waals surface area contributed by atoms with Crippen molar-refractivity contribution < 1.29 is 9.84 Å². The molecule has 2 saturated heterocycles. The fourth-order valence-corrected chi connectivity index (χ4v) is 4.59. The van der Waals surface area contributed by atoms with Crippen LogP contribution in [-0.2, 0) is 4.74 Å². The van der Waals surface area contributed by atoms with E-state index < -0.39 is 0 Å². The maximum atomic E-state index is 10.6. The lowest BCUT2D eigenvalue weighted by Crippen LogP contribution is -2.39. The molecule has 3 aromatic rings. The molecule has 2 fully saturated rings. The number of β-amino-alcohol motifs (C(OH)–C–C–N with tert-alkyl or cyclic N) is 1. The SMILES string of the molecule is Cc1nc(N2CCOCC2)cc(-n2ncc3cc(C)c(C4CCNCC4O)cc32)n1. The Morgan fingerprint density at radius 2 is 1.90 bits per heavy atom. The standard InChI is InChI=1S/C22H28N6O2/c1-14-9-16-12-24-28(19(16)10-18(14)17-3-4-23-13-20(17)29)22-11-21(25-15(2)26-22)27-5-7-30-8-6-27/h9-12,17,20,23,29H,3-8,13H2,1-2H3. The van der Waals surface area contributed by atoms with Gasteiger partial charge in [0.1, 0.15) is 11.6 Å². The molecule has 2 aromatic heterocycles. The van der Waals surface area contributed by atoms with Gasteiger partial charge in [0.25, 0.3) is 0 Å². The van der Waals surface area contributed by atoms with E-state index in [0.29, 0.717) is 19.8 Å². The van der Waals surface area contributed by atoms with E-state index in [1.165, 1.54) is 11.1 Å². The van der Waals surface area contributed by atoms with E-state index in [-0.39, 0.29) is 12.0 Å². The van der Waals surface area contributed by atoms with Gasteiger partial charge in [-0.3, -0.25) is 0 Å². The molecule has 0 amide bonds. The summed E-state index contributed by atoms with van der Waals surface area (Å²) in [5.41, 5.74) is 3.39. The number of fused-ring (bicyclic) bond motifs is 1. The van der Waals surface area contributed by atoms with Crippen molar-refractivity contribution in [1.82, 2.24) is 25.1 Å². The summed E-state index contributed by atoms with van der Waals surface area (Å²) in [5, 5.41) is 19.5. The van der Waals surface area contributed by atoms with E-state index >= 15 is 0 Å². The van der Waals surface area contributed by atoms with Crippen LogP contribution in [0.5, 0.6) is 0 Å². The van der Waals surface area contributed by atoms with E-state index in [0.717, 1.165) is 54.4 Å². The van der Waals surface area contributed by atoms with Gasteiger partial charge in [0.2, 0.25) is 0 Å². The molecule has 30 heavy (non-hydrogen) atoms. The predicted molar refractivity (Wildman–Crippen MR) is 115 cm³/mol. The lowest BCUT2D eigenvalue weighted by molar-refractivity contribution is 0.118. The minimum Gasteiger partial charge on any atom is -0.391 e. The minimum absolute atomic E-state index is 0.134. The van der Waals surface area contributed by atoms with E-state index in [1.54, 1.807) is 0 Å². The Bertz CT molecular complexity index is 1060. The Hall–Kier alpha value is -2.55. The number of benzene rings is 1. The van der Waals surface area contributed by atoms with Crippen LogP contribution in [0.1, 0.15) is 29.3 Å². The monoisotopic (exact) mass is 408 g/mol. The van der Waals surface area contributed by atoms with Gasteiger partial charge in [0.15, 0.2) is 5.82 Å². The smallest absolute Gasteiger partial charge is 0.159 e. The number of hydrogen-bond donors (Lipinski definition) is 2. The molecule has 0 aliphatic carbocycles. The van der Waals surface area contributed by atoms with E-state index in [1.807, 2.05) is 23.9 Å². The second-order valence-electron chi connectivity index (χ2n) is 8.22. The third-order valence-electron chi connectivity index (χ3n) is 6.17. The fraction of sp³-hybridized carbons (Fsp3) is 0.500. The molecule has 0 bridgehead atoms. The molecule has 1 aromatic carbocycles. The Labute approximate surface area is 175 Å². The average molecular weight is 409 g/mol. The first-order valence-electron chi connectivity index (χ1n) is 10.7. The summed E-state index contributed by atoms with van der Waals surface area (Å²) < 4.78 is 7.37. The fourth-order valence-electron chi connectivity index (χ4n) is 4.59. The van der Waals surface area contributed by atoms with Crippen LogP contribution in [-0.4, -0.2) is 70.4 Å². The number of morpholine rings is 1. The van der Waals surface area contributed by atoms with Crippen molar-refractivity contribution in [2.24, 2.45) is 0 Å². The summed E-state index contributed by atoms with van der Waals surface area (Å²) in [4.78, 5) is 11.5. The van der Waals surface area contributed by atoms with Gasteiger partial charge in [-0.05, 0) is 50.1 Å². The van der Waals surface area contributed by atoms with Gasteiger partial charge in [0, 0.05) is 37.0 Å². The van der Waals surface area contributed by atoms with Crippen molar-refractivity contribution in [1.29, 1.82) is 0 Å². The maximum Gasteiger partial charge on any atom is 0.159 e. The zero-order valence-corrected chi connectivity index (χ0v) is 17.5. The highest BCUT2D eigenvalue weighted by molar-refractivity contribution is 5.82. The molecule has 2 N–H and O–H groups in total. The largest absolute Gasteiger partial charge is 0.391 e. The molecule has 4 heterocycles. The van der Waals surface area contributed by atoms with Crippen molar-refractivity contribution in [3.63, 3.8) is 0 Å². The molecule has 8 nitrogen and oxygen atoms in total. The molecule has 2 aliphatic rings. The van der Waals surface area contributed by atoms with Crippen LogP contribution in [0, 0.1) is 13.8 Å². The molecule has 5 rings (SSSR count). The Morgan fingerprint density at radius 1 is 1.10 bits per heavy atom. The number of hydrogen-bond acceptors (Lipinski definition) is 7.